The van der Waals surface area contributed by atoms with Crippen LogP contribution in [0.4, 0.5) is 0 Å². The van der Waals surface area contributed by atoms with Gasteiger partial charge in [-0.1, -0.05) is 42.5 Å². The van der Waals surface area contributed by atoms with Crippen molar-refractivity contribution in [1.82, 2.24) is 0 Å². The number of fused-ring (bicyclic) bond motifs is 2. The first-order chi connectivity index (χ1) is 15.6. The van der Waals surface area contributed by atoms with Crippen molar-refractivity contribution in [3.63, 3.8) is 0 Å². The van der Waals surface area contributed by atoms with Crippen LogP contribution in [0.25, 0.3) is 10.8 Å². The molecule has 5 rings (SSSR count). The van der Waals surface area contributed by atoms with E-state index in [0.29, 0.717) is 35.0 Å². The third-order valence-electron chi connectivity index (χ3n) is 5.99. The Bertz CT molecular complexity index is 1220. The van der Waals surface area contributed by atoms with Crippen LogP contribution in [-0.4, -0.2) is 24.0 Å². The largest absolute Gasteiger partial charge is 0.493 e. The fourth-order valence-electron chi connectivity index (χ4n) is 4.31. The Kier molecular flexibility index (Phi) is 5.70. The number of halogens is 1. The molecule has 1 saturated carbocycles. The zero-order valence-electron chi connectivity index (χ0n) is 17.2. The second-order valence-electron chi connectivity index (χ2n) is 8.06. The highest BCUT2D eigenvalue weighted by atomic mass is 79.9. The predicted octanol–water partition coefficient (Wildman–Crippen LogP) is 5.82. The Morgan fingerprint density at radius 2 is 1.75 bits per heavy atom. The van der Waals surface area contributed by atoms with Crippen molar-refractivity contribution < 1.29 is 23.8 Å². The lowest BCUT2D eigenvalue weighted by atomic mass is 9.80. The van der Waals surface area contributed by atoms with E-state index in [1.165, 1.54) is 6.26 Å². The molecule has 0 N–H and O–H groups in total. The topological polar surface area (TPSA) is 61.8 Å². The van der Waals surface area contributed by atoms with Crippen LogP contribution in [0, 0.1) is 5.92 Å². The van der Waals surface area contributed by atoms with Crippen molar-refractivity contribution in [3.8, 4) is 5.75 Å². The van der Waals surface area contributed by atoms with Crippen molar-refractivity contribution in [2.24, 2.45) is 5.92 Å². The van der Waals surface area contributed by atoms with Gasteiger partial charge < -0.3 is 14.2 Å². The fraction of sp³-hybridized carbons (Fsp3) is 0.231. The van der Waals surface area contributed by atoms with Gasteiger partial charge in [0.25, 0.3) is 0 Å². The average molecular weight is 493 g/mol. The van der Waals surface area contributed by atoms with Crippen molar-refractivity contribution in [2.45, 2.75) is 31.5 Å². The number of allylic oxidation sites excluding steroid dienone is 1. The van der Waals surface area contributed by atoms with Gasteiger partial charge in [-0.25, -0.2) is 4.79 Å². The van der Waals surface area contributed by atoms with Crippen LogP contribution in [0.1, 0.15) is 29.6 Å². The second kappa shape index (κ2) is 8.79. The predicted molar refractivity (Wildman–Crippen MR) is 123 cm³/mol. The lowest BCUT2D eigenvalue weighted by Crippen LogP contribution is -2.43. The maximum atomic E-state index is 13.0. The fourth-order valence-corrected chi connectivity index (χ4v) is 4.76. The normalized spacial score (nSPS) is 22.5. The monoisotopic (exact) mass is 492 g/mol. The number of Topliss-reactive ketones (excluding diaryl/α,β-unsaturated/α-hetero) is 1. The molecular weight excluding hydrogens is 472 g/mol. The molecule has 3 aromatic carbocycles. The minimum Gasteiger partial charge on any atom is -0.493 e. The Morgan fingerprint density at radius 1 is 0.969 bits per heavy atom. The molecule has 1 aliphatic carbocycles. The molecule has 162 valence electrons. The number of carbonyl (C=O) groups is 2. The Labute approximate surface area is 194 Å². The summed E-state index contributed by atoms with van der Waals surface area (Å²) in [7, 11) is 0. The lowest BCUT2D eigenvalue weighted by Gasteiger charge is -2.36. The summed E-state index contributed by atoms with van der Waals surface area (Å²) >= 11 is 3.38. The molecule has 1 aliphatic heterocycles. The van der Waals surface area contributed by atoms with Crippen LogP contribution in [0.2, 0.25) is 0 Å². The number of hydrogen-bond acceptors (Lipinski definition) is 5. The van der Waals surface area contributed by atoms with E-state index < -0.39 is 0 Å². The number of esters is 1. The summed E-state index contributed by atoms with van der Waals surface area (Å²) in [4.78, 5) is 25.6. The van der Waals surface area contributed by atoms with Gasteiger partial charge in [-0.2, -0.15) is 0 Å². The molecule has 0 amide bonds. The molecule has 0 radical (unpaired) electrons. The first kappa shape index (κ1) is 20.8. The number of rotatable bonds is 4. The van der Waals surface area contributed by atoms with Crippen LogP contribution in [0.5, 0.6) is 5.75 Å². The molecule has 1 heterocycles. The van der Waals surface area contributed by atoms with E-state index in [9.17, 15) is 9.59 Å². The Hall–Kier alpha value is -3.12. The molecule has 0 saturated heterocycles. The van der Waals surface area contributed by atoms with Gasteiger partial charge in [0.05, 0.1) is 11.5 Å². The first-order valence-electron chi connectivity index (χ1n) is 10.6. The van der Waals surface area contributed by atoms with E-state index in [1.54, 1.807) is 18.2 Å². The molecule has 3 unspecified atom stereocenters. The number of carbonyl (C=O) groups excluding carboxylic acids is 2. The first-order valence-corrected chi connectivity index (χ1v) is 11.4. The van der Waals surface area contributed by atoms with Crippen LogP contribution in [0.15, 0.2) is 83.2 Å². The van der Waals surface area contributed by atoms with Crippen molar-refractivity contribution in [1.29, 1.82) is 0 Å². The standard InChI is InChI=1S/C26H21BrO5/c27-22-8-4-3-7-20(22)26(29)32-19-11-12-21-23(14-19)30-15-24(25(21)28)31-18-10-9-16-5-1-2-6-17(16)13-18/h1-10,13,15,19,21,23H,11-12,14H2. The minimum absolute atomic E-state index is 0.0648. The zero-order chi connectivity index (χ0) is 22.1. The smallest absolute Gasteiger partial charge is 0.339 e. The van der Waals surface area contributed by atoms with E-state index >= 15 is 0 Å². The summed E-state index contributed by atoms with van der Waals surface area (Å²) in [5, 5.41) is 2.15. The van der Waals surface area contributed by atoms with Gasteiger partial charge in [0.2, 0.25) is 11.5 Å². The quantitative estimate of drug-likeness (QED) is 0.429. The minimum atomic E-state index is -0.376. The second-order valence-corrected chi connectivity index (χ2v) is 8.91. The molecule has 0 spiro atoms. The summed E-state index contributed by atoms with van der Waals surface area (Å²) in [5.41, 5.74) is 0.487. The molecule has 3 aromatic rings. The van der Waals surface area contributed by atoms with Gasteiger partial charge in [-0.3, -0.25) is 4.79 Å². The highest BCUT2D eigenvalue weighted by molar-refractivity contribution is 9.10. The van der Waals surface area contributed by atoms with Gasteiger partial charge in [0.1, 0.15) is 24.2 Å². The molecule has 0 bridgehead atoms. The van der Waals surface area contributed by atoms with Crippen LogP contribution in [-0.2, 0) is 14.3 Å². The average Bonchev–Trinajstić information content (AvgIpc) is 2.81. The summed E-state index contributed by atoms with van der Waals surface area (Å²) in [6.45, 7) is 0. The van der Waals surface area contributed by atoms with Gasteiger partial charge in [0, 0.05) is 10.9 Å². The van der Waals surface area contributed by atoms with E-state index in [0.717, 1.165) is 10.8 Å². The van der Waals surface area contributed by atoms with E-state index in [4.69, 9.17) is 14.2 Å². The molecule has 0 aromatic heterocycles. The van der Waals surface area contributed by atoms with Crippen molar-refractivity contribution in [2.75, 3.05) is 0 Å². The maximum Gasteiger partial charge on any atom is 0.339 e. The third-order valence-corrected chi connectivity index (χ3v) is 6.68. The summed E-state index contributed by atoms with van der Waals surface area (Å²) < 4.78 is 18.1. The molecule has 2 aliphatic rings. The van der Waals surface area contributed by atoms with E-state index in [-0.39, 0.29) is 35.6 Å². The highest BCUT2D eigenvalue weighted by Crippen LogP contribution is 2.36. The van der Waals surface area contributed by atoms with Crippen molar-refractivity contribution in [3.05, 3.63) is 88.8 Å². The van der Waals surface area contributed by atoms with Crippen molar-refractivity contribution >= 4 is 38.5 Å². The molecular formula is C26H21BrO5. The summed E-state index contributed by atoms with van der Waals surface area (Å²) in [6.07, 6.45) is 2.45. The molecule has 32 heavy (non-hydrogen) atoms. The molecule has 5 nitrogen and oxygen atoms in total. The Balaban J connectivity index is 1.25. The summed E-state index contributed by atoms with van der Waals surface area (Å²) in [5.74, 6) is 0.0735. The summed E-state index contributed by atoms with van der Waals surface area (Å²) in [6, 6.07) is 20.9. The maximum absolute atomic E-state index is 13.0. The number of benzene rings is 3. The van der Waals surface area contributed by atoms with Gasteiger partial charge in [0.15, 0.2) is 0 Å². The zero-order valence-corrected chi connectivity index (χ0v) is 18.8. The third kappa shape index (κ3) is 4.15. The van der Waals surface area contributed by atoms with Gasteiger partial charge >= 0.3 is 5.97 Å². The van der Waals surface area contributed by atoms with Crippen LogP contribution >= 0.6 is 15.9 Å². The number of ketones is 1. The SMILES string of the molecule is O=C(OC1CCC2C(=O)C(Oc3ccc4ccccc4c3)=COC2C1)c1ccccc1Br. The van der Waals surface area contributed by atoms with E-state index in [1.807, 2.05) is 48.5 Å². The lowest BCUT2D eigenvalue weighted by molar-refractivity contribution is -0.132. The highest BCUT2D eigenvalue weighted by Gasteiger charge is 2.42. The van der Waals surface area contributed by atoms with E-state index in [2.05, 4.69) is 15.9 Å². The molecule has 6 heteroatoms. The Morgan fingerprint density at radius 3 is 2.59 bits per heavy atom. The molecule has 1 fully saturated rings. The number of ether oxygens (including phenoxy) is 3. The van der Waals surface area contributed by atoms with Crippen LogP contribution < -0.4 is 4.74 Å². The van der Waals surface area contributed by atoms with Gasteiger partial charge in [-0.05, 0) is 63.8 Å². The number of hydrogen-bond donors (Lipinski definition) is 0. The van der Waals surface area contributed by atoms with Crippen LogP contribution in [0.3, 0.4) is 0 Å². The molecule has 3 atom stereocenters. The van der Waals surface area contributed by atoms with Gasteiger partial charge in [-0.15, -0.1) is 0 Å².